The summed E-state index contributed by atoms with van der Waals surface area (Å²) in [5.41, 5.74) is 0. The Hall–Kier alpha value is -1.30. The Morgan fingerprint density at radius 3 is 2.94 bits per heavy atom. The van der Waals surface area contributed by atoms with E-state index in [0.717, 1.165) is 0 Å². The van der Waals surface area contributed by atoms with Crippen molar-refractivity contribution in [2.24, 2.45) is 0 Å². The van der Waals surface area contributed by atoms with Crippen molar-refractivity contribution in [1.29, 1.82) is 0 Å². The number of sulfone groups is 1. The van der Waals surface area contributed by atoms with Gasteiger partial charge >= 0.3 is 0 Å². The number of ether oxygens (including phenoxy) is 1. The molecule has 1 atom stereocenters. The van der Waals surface area contributed by atoms with Crippen molar-refractivity contribution in [1.82, 2.24) is 4.98 Å². The number of hydrogen-bond acceptors (Lipinski definition) is 5. The molecular formula is C10H14N2O3S. The fraction of sp³-hybridized carbons (Fsp3) is 0.500. The van der Waals surface area contributed by atoms with Crippen LogP contribution < -0.4 is 10.1 Å². The van der Waals surface area contributed by atoms with Gasteiger partial charge in [-0.2, -0.15) is 4.98 Å². The van der Waals surface area contributed by atoms with Crippen LogP contribution in [0.2, 0.25) is 0 Å². The summed E-state index contributed by atoms with van der Waals surface area (Å²) in [6.45, 7) is 0. The standard InChI is InChI=1S/C10H14N2O3S/c1-15-10-4-2-3-9(12-10)11-8-5-6-16(13,14)7-8/h2-4,8H,5-7H2,1H3,(H,11,12). The van der Waals surface area contributed by atoms with E-state index in [0.29, 0.717) is 18.1 Å². The Kier molecular flexibility index (Phi) is 3.00. The number of methoxy groups -OCH3 is 1. The van der Waals surface area contributed by atoms with Gasteiger partial charge in [-0.05, 0) is 12.5 Å². The summed E-state index contributed by atoms with van der Waals surface area (Å²) in [5.74, 6) is 1.62. The second-order valence-corrected chi connectivity index (χ2v) is 6.04. The minimum atomic E-state index is -2.85. The zero-order valence-electron chi connectivity index (χ0n) is 9.01. The monoisotopic (exact) mass is 242 g/mol. The van der Waals surface area contributed by atoms with Gasteiger partial charge in [0.25, 0.3) is 0 Å². The normalized spacial score (nSPS) is 22.9. The summed E-state index contributed by atoms with van der Waals surface area (Å²) in [6.07, 6.45) is 0.640. The Morgan fingerprint density at radius 1 is 1.50 bits per heavy atom. The predicted octanol–water partition coefficient (Wildman–Crippen LogP) is 0.689. The Labute approximate surface area is 94.8 Å². The van der Waals surface area contributed by atoms with Crippen molar-refractivity contribution < 1.29 is 13.2 Å². The van der Waals surface area contributed by atoms with Crippen LogP contribution in [0.4, 0.5) is 5.82 Å². The van der Waals surface area contributed by atoms with Crippen LogP contribution in [0.5, 0.6) is 5.88 Å². The van der Waals surface area contributed by atoms with Crippen LogP contribution in [0, 0.1) is 0 Å². The highest BCUT2D eigenvalue weighted by atomic mass is 32.2. The van der Waals surface area contributed by atoms with E-state index in [2.05, 4.69) is 10.3 Å². The zero-order valence-corrected chi connectivity index (χ0v) is 9.83. The van der Waals surface area contributed by atoms with Crippen LogP contribution in [0.1, 0.15) is 6.42 Å². The molecule has 0 radical (unpaired) electrons. The summed E-state index contributed by atoms with van der Waals surface area (Å²) < 4.78 is 27.5. The van der Waals surface area contributed by atoms with E-state index < -0.39 is 9.84 Å². The number of nitrogens with one attached hydrogen (secondary N) is 1. The van der Waals surface area contributed by atoms with Gasteiger partial charge in [-0.25, -0.2) is 8.42 Å². The molecule has 0 spiro atoms. The lowest BCUT2D eigenvalue weighted by Gasteiger charge is -2.11. The Balaban J connectivity index is 2.04. The highest BCUT2D eigenvalue weighted by Gasteiger charge is 2.27. The average molecular weight is 242 g/mol. The number of nitrogens with zero attached hydrogens (tertiary/aromatic N) is 1. The Morgan fingerprint density at radius 2 is 2.31 bits per heavy atom. The summed E-state index contributed by atoms with van der Waals surface area (Å²) in [5, 5.41) is 3.10. The third-order valence-corrected chi connectivity index (χ3v) is 4.29. The van der Waals surface area contributed by atoms with Crippen LogP contribution in [-0.2, 0) is 9.84 Å². The van der Waals surface area contributed by atoms with E-state index >= 15 is 0 Å². The molecule has 88 valence electrons. The van der Waals surface area contributed by atoms with Crippen molar-refractivity contribution in [2.45, 2.75) is 12.5 Å². The SMILES string of the molecule is COc1cccc(NC2CCS(=O)(=O)C2)n1. The molecule has 1 aliphatic rings. The van der Waals surface area contributed by atoms with Crippen LogP contribution in [-0.4, -0.2) is 38.1 Å². The second kappa shape index (κ2) is 4.29. The van der Waals surface area contributed by atoms with Crippen molar-refractivity contribution in [3.05, 3.63) is 18.2 Å². The molecule has 0 saturated carbocycles. The van der Waals surface area contributed by atoms with Gasteiger partial charge in [0.15, 0.2) is 9.84 Å². The van der Waals surface area contributed by atoms with Crippen molar-refractivity contribution in [3.63, 3.8) is 0 Å². The first-order valence-corrected chi connectivity index (χ1v) is 6.89. The Bertz CT molecular complexity index is 473. The molecule has 1 aromatic heterocycles. The second-order valence-electron chi connectivity index (χ2n) is 3.81. The van der Waals surface area contributed by atoms with Crippen LogP contribution in [0.25, 0.3) is 0 Å². The first-order chi connectivity index (χ1) is 7.59. The maximum absolute atomic E-state index is 11.3. The number of rotatable bonds is 3. The molecule has 1 aliphatic heterocycles. The molecule has 2 rings (SSSR count). The summed E-state index contributed by atoms with van der Waals surface area (Å²) in [7, 11) is -1.31. The van der Waals surface area contributed by atoms with Crippen molar-refractivity contribution in [2.75, 3.05) is 23.9 Å². The molecule has 1 N–H and O–H groups in total. The minimum absolute atomic E-state index is 0.0374. The topological polar surface area (TPSA) is 68.3 Å². The molecular weight excluding hydrogens is 228 g/mol. The van der Waals surface area contributed by atoms with Crippen LogP contribution in [0.3, 0.4) is 0 Å². The van der Waals surface area contributed by atoms with Gasteiger partial charge < -0.3 is 10.1 Å². The van der Waals surface area contributed by atoms with Crippen LogP contribution in [0.15, 0.2) is 18.2 Å². The molecule has 0 amide bonds. The highest BCUT2D eigenvalue weighted by Crippen LogP contribution is 2.17. The number of pyridine rings is 1. The number of anilines is 1. The lowest BCUT2D eigenvalue weighted by atomic mass is 10.2. The predicted molar refractivity (Wildman–Crippen MR) is 61.5 cm³/mol. The number of aromatic nitrogens is 1. The van der Waals surface area contributed by atoms with Gasteiger partial charge in [-0.1, -0.05) is 6.07 Å². The van der Waals surface area contributed by atoms with E-state index in [1.165, 1.54) is 0 Å². The maximum atomic E-state index is 11.3. The molecule has 1 unspecified atom stereocenters. The maximum Gasteiger partial charge on any atom is 0.214 e. The molecule has 1 fully saturated rings. The molecule has 16 heavy (non-hydrogen) atoms. The van der Waals surface area contributed by atoms with Crippen LogP contribution >= 0.6 is 0 Å². The zero-order chi connectivity index (χ0) is 11.6. The smallest absolute Gasteiger partial charge is 0.214 e. The molecule has 2 heterocycles. The molecule has 0 aliphatic carbocycles. The van der Waals surface area contributed by atoms with Gasteiger partial charge in [-0.15, -0.1) is 0 Å². The lowest BCUT2D eigenvalue weighted by Crippen LogP contribution is -2.21. The van der Waals surface area contributed by atoms with E-state index in [-0.39, 0.29) is 17.5 Å². The first kappa shape index (κ1) is 11.2. The van der Waals surface area contributed by atoms with Gasteiger partial charge in [-0.3, -0.25) is 0 Å². The van der Waals surface area contributed by atoms with E-state index in [1.807, 2.05) is 6.07 Å². The lowest BCUT2D eigenvalue weighted by molar-refractivity contribution is 0.398. The van der Waals surface area contributed by atoms with Gasteiger partial charge in [0.05, 0.1) is 18.6 Å². The quantitative estimate of drug-likeness (QED) is 0.844. The molecule has 1 aromatic rings. The van der Waals surface area contributed by atoms with E-state index in [9.17, 15) is 8.42 Å². The van der Waals surface area contributed by atoms with Gasteiger partial charge in [0, 0.05) is 12.1 Å². The van der Waals surface area contributed by atoms with Crippen molar-refractivity contribution in [3.8, 4) is 5.88 Å². The molecule has 0 aromatic carbocycles. The third kappa shape index (κ3) is 2.63. The first-order valence-electron chi connectivity index (χ1n) is 5.07. The van der Waals surface area contributed by atoms with Crippen molar-refractivity contribution >= 4 is 15.7 Å². The molecule has 5 nitrogen and oxygen atoms in total. The van der Waals surface area contributed by atoms with Gasteiger partial charge in [0.1, 0.15) is 5.82 Å². The summed E-state index contributed by atoms with van der Waals surface area (Å²) in [4.78, 5) is 4.17. The summed E-state index contributed by atoms with van der Waals surface area (Å²) >= 11 is 0. The highest BCUT2D eigenvalue weighted by molar-refractivity contribution is 7.91. The average Bonchev–Trinajstić information content (AvgIpc) is 2.58. The van der Waals surface area contributed by atoms with E-state index in [1.54, 1.807) is 19.2 Å². The third-order valence-electron chi connectivity index (χ3n) is 2.52. The van der Waals surface area contributed by atoms with Gasteiger partial charge in [0.2, 0.25) is 5.88 Å². The largest absolute Gasteiger partial charge is 0.481 e. The molecule has 0 bridgehead atoms. The minimum Gasteiger partial charge on any atom is -0.481 e. The fourth-order valence-corrected chi connectivity index (χ4v) is 3.40. The summed E-state index contributed by atoms with van der Waals surface area (Å²) in [6, 6.07) is 5.33. The molecule has 6 heteroatoms. The van der Waals surface area contributed by atoms with E-state index in [4.69, 9.17) is 4.74 Å². The molecule has 1 saturated heterocycles. The fourth-order valence-electron chi connectivity index (χ4n) is 1.73. The number of hydrogen-bond donors (Lipinski definition) is 1.